The highest BCUT2D eigenvalue weighted by molar-refractivity contribution is 7.98. The summed E-state index contributed by atoms with van der Waals surface area (Å²) in [5, 5.41) is 0.371. The van der Waals surface area contributed by atoms with E-state index in [1.54, 1.807) is 6.26 Å². The molecule has 114 valence electrons. The molecule has 0 radical (unpaired) electrons. The Bertz CT molecular complexity index is 694. The van der Waals surface area contributed by atoms with Gasteiger partial charge in [0.05, 0.1) is 6.54 Å². The number of aryl methyl sites for hydroxylation is 1. The highest BCUT2D eigenvalue weighted by atomic mass is 32.2. The molecule has 2 rings (SSSR count). The van der Waals surface area contributed by atoms with Crippen LogP contribution in [0.25, 0.3) is 0 Å². The fourth-order valence-corrected chi connectivity index (χ4v) is 2.97. The highest BCUT2D eigenvalue weighted by Gasteiger charge is 2.32. The minimum atomic E-state index is -4.36. The van der Waals surface area contributed by atoms with Crippen LogP contribution in [-0.2, 0) is 19.1 Å². The van der Waals surface area contributed by atoms with Crippen molar-refractivity contribution in [3.63, 3.8) is 0 Å². The second kappa shape index (κ2) is 6.18. The van der Waals surface area contributed by atoms with Crippen LogP contribution in [-0.4, -0.2) is 20.8 Å². The molecule has 2 heterocycles. The van der Waals surface area contributed by atoms with Crippen LogP contribution in [0, 0.1) is 0 Å². The maximum Gasteiger partial charge on any atom is 0.425 e. The lowest BCUT2D eigenvalue weighted by molar-refractivity contribution is -0.134. The van der Waals surface area contributed by atoms with Gasteiger partial charge in [0.25, 0.3) is 0 Å². The summed E-state index contributed by atoms with van der Waals surface area (Å²) >= 11 is 1.88. The van der Waals surface area contributed by atoms with Crippen LogP contribution in [0.4, 0.5) is 13.2 Å². The third-order valence-corrected chi connectivity index (χ3v) is 4.37. The lowest BCUT2D eigenvalue weighted by Crippen LogP contribution is -2.28. The second-order valence-electron chi connectivity index (χ2n) is 4.11. The maximum absolute atomic E-state index is 12.6. The summed E-state index contributed by atoms with van der Waals surface area (Å²) in [6, 6.07) is 2.40. The largest absolute Gasteiger partial charge is 0.425 e. The first-order valence-electron chi connectivity index (χ1n) is 6.02. The number of rotatable bonds is 4. The standard InChI is InChI=1S/C12H12F3N3OS2/c1-3-9-16-10(20-2)17-11(19)18(9)6-7-4-5-8(21-7)12(13,14)15/h4-5H,3,6H2,1-2H3. The van der Waals surface area contributed by atoms with Gasteiger partial charge in [0.2, 0.25) is 0 Å². The van der Waals surface area contributed by atoms with Gasteiger partial charge in [0.15, 0.2) is 5.16 Å². The van der Waals surface area contributed by atoms with Crippen molar-refractivity contribution >= 4 is 23.1 Å². The van der Waals surface area contributed by atoms with Gasteiger partial charge in [-0.1, -0.05) is 18.7 Å². The van der Waals surface area contributed by atoms with Crippen molar-refractivity contribution in [1.29, 1.82) is 0 Å². The van der Waals surface area contributed by atoms with Gasteiger partial charge in [-0.2, -0.15) is 18.2 Å². The van der Waals surface area contributed by atoms with Crippen molar-refractivity contribution in [3.05, 3.63) is 38.2 Å². The zero-order chi connectivity index (χ0) is 15.6. The van der Waals surface area contributed by atoms with Crippen molar-refractivity contribution in [2.75, 3.05) is 6.26 Å². The van der Waals surface area contributed by atoms with Crippen molar-refractivity contribution in [2.24, 2.45) is 0 Å². The molecule has 0 saturated carbocycles. The SMILES string of the molecule is CCc1nc(SC)nc(=O)n1Cc1ccc(C(F)(F)F)s1. The van der Waals surface area contributed by atoms with Crippen molar-refractivity contribution in [3.8, 4) is 0 Å². The molecule has 0 aromatic carbocycles. The van der Waals surface area contributed by atoms with Crippen LogP contribution < -0.4 is 5.69 Å². The predicted octanol–water partition coefficient (Wildman–Crippen LogP) is 3.05. The maximum atomic E-state index is 12.6. The van der Waals surface area contributed by atoms with Crippen LogP contribution in [0.3, 0.4) is 0 Å². The van der Waals surface area contributed by atoms with Crippen LogP contribution in [0.5, 0.6) is 0 Å². The number of aromatic nitrogens is 3. The Morgan fingerprint density at radius 1 is 1.33 bits per heavy atom. The summed E-state index contributed by atoms with van der Waals surface area (Å²) in [5.74, 6) is 0.515. The van der Waals surface area contributed by atoms with Gasteiger partial charge in [-0.3, -0.25) is 4.57 Å². The molecule has 0 bridgehead atoms. The average Bonchev–Trinajstić information content (AvgIpc) is 2.89. The molecular formula is C12H12F3N3OS2. The Balaban J connectivity index is 2.35. The molecule has 2 aromatic heterocycles. The minimum Gasteiger partial charge on any atom is -0.275 e. The molecular weight excluding hydrogens is 323 g/mol. The topological polar surface area (TPSA) is 47.8 Å². The molecule has 0 aliphatic heterocycles. The Hall–Kier alpha value is -1.35. The summed E-state index contributed by atoms with van der Waals surface area (Å²) in [7, 11) is 0. The monoisotopic (exact) mass is 335 g/mol. The molecule has 0 fully saturated rings. The molecule has 0 amide bonds. The van der Waals surface area contributed by atoms with Gasteiger partial charge >= 0.3 is 11.9 Å². The van der Waals surface area contributed by atoms with Gasteiger partial charge in [-0.25, -0.2) is 9.78 Å². The summed E-state index contributed by atoms with van der Waals surface area (Å²) in [4.78, 5) is 19.7. The zero-order valence-corrected chi connectivity index (χ0v) is 12.9. The van der Waals surface area contributed by atoms with E-state index in [1.165, 1.54) is 22.4 Å². The second-order valence-corrected chi connectivity index (χ2v) is 6.05. The van der Waals surface area contributed by atoms with Crippen molar-refractivity contribution in [1.82, 2.24) is 14.5 Å². The number of thioether (sulfide) groups is 1. The lowest BCUT2D eigenvalue weighted by Gasteiger charge is -2.09. The minimum absolute atomic E-state index is 0.0530. The smallest absolute Gasteiger partial charge is 0.275 e. The average molecular weight is 335 g/mol. The number of hydrogen-bond donors (Lipinski definition) is 0. The molecule has 21 heavy (non-hydrogen) atoms. The normalized spacial score (nSPS) is 11.9. The van der Waals surface area contributed by atoms with Crippen LogP contribution in [0.15, 0.2) is 22.1 Å². The molecule has 0 saturated heterocycles. The Kier molecular flexibility index (Phi) is 4.72. The molecule has 0 aliphatic carbocycles. The van der Waals surface area contributed by atoms with Gasteiger partial charge < -0.3 is 0 Å². The third-order valence-electron chi connectivity index (χ3n) is 2.71. The molecule has 0 atom stereocenters. The number of alkyl halides is 3. The van der Waals surface area contributed by atoms with Crippen molar-refractivity contribution < 1.29 is 13.2 Å². The third kappa shape index (κ3) is 3.65. The fourth-order valence-electron chi connectivity index (χ4n) is 1.74. The Labute approximate surface area is 127 Å². The van der Waals surface area contributed by atoms with Crippen LogP contribution >= 0.6 is 23.1 Å². The molecule has 4 nitrogen and oxygen atoms in total. The molecule has 0 spiro atoms. The quantitative estimate of drug-likeness (QED) is 0.806. The Morgan fingerprint density at radius 3 is 2.57 bits per heavy atom. The van der Waals surface area contributed by atoms with E-state index in [9.17, 15) is 18.0 Å². The molecule has 0 aliphatic rings. The van der Waals surface area contributed by atoms with E-state index in [0.717, 1.165) is 6.07 Å². The highest BCUT2D eigenvalue weighted by Crippen LogP contribution is 2.34. The van der Waals surface area contributed by atoms with Crippen molar-refractivity contribution in [2.45, 2.75) is 31.2 Å². The van der Waals surface area contributed by atoms with E-state index in [4.69, 9.17) is 0 Å². The van der Waals surface area contributed by atoms with Crippen LogP contribution in [0.1, 0.15) is 22.5 Å². The summed E-state index contributed by atoms with van der Waals surface area (Å²) in [5.41, 5.74) is -0.492. The van der Waals surface area contributed by atoms with Gasteiger partial charge in [-0.05, 0) is 18.4 Å². The van der Waals surface area contributed by atoms with E-state index in [1.807, 2.05) is 6.92 Å². The predicted molar refractivity (Wildman–Crippen MR) is 75.9 cm³/mol. The van der Waals surface area contributed by atoms with E-state index in [-0.39, 0.29) is 6.54 Å². The van der Waals surface area contributed by atoms with E-state index in [0.29, 0.717) is 33.6 Å². The van der Waals surface area contributed by atoms with E-state index >= 15 is 0 Å². The first-order chi connectivity index (χ1) is 9.85. The Morgan fingerprint density at radius 2 is 2.05 bits per heavy atom. The lowest BCUT2D eigenvalue weighted by atomic mass is 10.4. The zero-order valence-electron chi connectivity index (χ0n) is 11.3. The number of nitrogens with zero attached hydrogens (tertiary/aromatic N) is 3. The summed E-state index contributed by atoms with van der Waals surface area (Å²) in [6.07, 6.45) is -2.10. The number of hydrogen-bond acceptors (Lipinski definition) is 5. The van der Waals surface area contributed by atoms with Gasteiger partial charge in [0, 0.05) is 11.3 Å². The number of halogens is 3. The molecule has 0 unspecified atom stereocenters. The van der Waals surface area contributed by atoms with Crippen LogP contribution in [0.2, 0.25) is 0 Å². The van der Waals surface area contributed by atoms with E-state index in [2.05, 4.69) is 9.97 Å². The first kappa shape index (κ1) is 16.0. The first-order valence-corrected chi connectivity index (χ1v) is 8.07. The fraction of sp³-hybridized carbons (Fsp3) is 0.417. The van der Waals surface area contributed by atoms with E-state index < -0.39 is 16.7 Å². The summed E-state index contributed by atoms with van der Waals surface area (Å²) in [6.45, 7) is 1.88. The molecule has 2 aromatic rings. The number of thiophene rings is 1. The van der Waals surface area contributed by atoms with Gasteiger partial charge in [-0.15, -0.1) is 11.3 Å². The molecule has 0 N–H and O–H groups in total. The molecule has 9 heteroatoms. The van der Waals surface area contributed by atoms with Gasteiger partial charge in [0.1, 0.15) is 10.7 Å². The summed E-state index contributed by atoms with van der Waals surface area (Å²) < 4.78 is 39.0.